The Kier molecular flexibility index (Phi) is 5.44. The van der Waals surface area contributed by atoms with E-state index >= 15 is 0 Å². The van der Waals surface area contributed by atoms with Crippen LogP contribution in [0.25, 0.3) is 0 Å². The molecule has 2 aliphatic rings. The standard InChI is InChI=1S/C17H31NO/c1-4-7-15-8-5-6-9-18(15)12-16-14(3)10-13(2)11-17(16)19/h13-16H,4-12H2,1-3H3. The molecule has 4 unspecified atom stereocenters. The first-order valence-electron chi connectivity index (χ1n) is 8.38. The quantitative estimate of drug-likeness (QED) is 0.768. The fourth-order valence-corrected chi connectivity index (χ4v) is 4.19. The van der Waals surface area contributed by atoms with Crippen LogP contribution in [0.2, 0.25) is 0 Å². The molecular weight excluding hydrogens is 234 g/mol. The van der Waals surface area contributed by atoms with Crippen molar-refractivity contribution in [2.24, 2.45) is 17.8 Å². The number of hydrogen-bond donors (Lipinski definition) is 0. The monoisotopic (exact) mass is 265 g/mol. The van der Waals surface area contributed by atoms with E-state index in [0.717, 1.165) is 19.0 Å². The molecule has 0 spiro atoms. The minimum atomic E-state index is 0.314. The molecule has 0 aromatic carbocycles. The molecular formula is C17H31NO. The Hall–Kier alpha value is -0.370. The average Bonchev–Trinajstić information content (AvgIpc) is 2.36. The normalized spacial score (nSPS) is 37.5. The van der Waals surface area contributed by atoms with Crippen molar-refractivity contribution in [3.63, 3.8) is 0 Å². The third-order valence-electron chi connectivity index (χ3n) is 5.23. The summed E-state index contributed by atoms with van der Waals surface area (Å²) in [6.07, 6.45) is 8.69. The van der Waals surface area contributed by atoms with Crippen molar-refractivity contribution in [1.82, 2.24) is 4.90 Å². The third-order valence-corrected chi connectivity index (χ3v) is 5.23. The molecule has 1 saturated heterocycles. The minimum Gasteiger partial charge on any atom is -0.300 e. The van der Waals surface area contributed by atoms with Gasteiger partial charge in [-0.1, -0.05) is 33.6 Å². The highest BCUT2D eigenvalue weighted by molar-refractivity contribution is 5.82. The molecule has 1 heterocycles. The number of nitrogens with zero attached hydrogens (tertiary/aromatic N) is 1. The smallest absolute Gasteiger partial charge is 0.137 e. The predicted molar refractivity (Wildman–Crippen MR) is 80.2 cm³/mol. The molecule has 1 aliphatic heterocycles. The topological polar surface area (TPSA) is 20.3 Å². The lowest BCUT2D eigenvalue weighted by molar-refractivity contribution is -0.129. The fourth-order valence-electron chi connectivity index (χ4n) is 4.19. The van der Waals surface area contributed by atoms with Crippen molar-refractivity contribution in [2.45, 2.75) is 71.8 Å². The molecule has 0 amide bonds. The van der Waals surface area contributed by atoms with Gasteiger partial charge in [0.1, 0.15) is 5.78 Å². The maximum atomic E-state index is 12.3. The van der Waals surface area contributed by atoms with E-state index in [9.17, 15) is 4.79 Å². The van der Waals surface area contributed by atoms with Gasteiger partial charge in [0, 0.05) is 24.9 Å². The van der Waals surface area contributed by atoms with Crippen LogP contribution >= 0.6 is 0 Å². The molecule has 0 radical (unpaired) electrons. The molecule has 2 nitrogen and oxygen atoms in total. The van der Waals surface area contributed by atoms with Crippen LogP contribution in [0.15, 0.2) is 0 Å². The van der Waals surface area contributed by atoms with E-state index in [0.29, 0.717) is 23.5 Å². The summed E-state index contributed by atoms with van der Waals surface area (Å²) in [5, 5.41) is 0. The first-order chi connectivity index (χ1) is 9.11. The number of rotatable bonds is 4. The van der Waals surface area contributed by atoms with Crippen molar-refractivity contribution in [2.75, 3.05) is 13.1 Å². The summed E-state index contributed by atoms with van der Waals surface area (Å²) in [7, 11) is 0. The largest absolute Gasteiger partial charge is 0.300 e. The van der Waals surface area contributed by atoms with Gasteiger partial charge in [0.25, 0.3) is 0 Å². The van der Waals surface area contributed by atoms with Crippen molar-refractivity contribution < 1.29 is 4.79 Å². The number of likely N-dealkylation sites (tertiary alicyclic amines) is 1. The Morgan fingerprint density at radius 3 is 2.74 bits per heavy atom. The van der Waals surface area contributed by atoms with Crippen LogP contribution in [0.1, 0.15) is 65.7 Å². The second-order valence-electron chi connectivity index (χ2n) is 7.03. The van der Waals surface area contributed by atoms with Crippen LogP contribution < -0.4 is 0 Å². The van der Waals surface area contributed by atoms with Crippen LogP contribution in [0.5, 0.6) is 0 Å². The second-order valence-corrected chi connectivity index (χ2v) is 7.03. The molecule has 0 bridgehead atoms. The van der Waals surface area contributed by atoms with Crippen LogP contribution in [-0.4, -0.2) is 29.8 Å². The highest BCUT2D eigenvalue weighted by Crippen LogP contribution is 2.33. The number of Topliss-reactive ketones (excluding diaryl/α,β-unsaturated/α-hetero) is 1. The van der Waals surface area contributed by atoms with E-state index in [1.165, 1.54) is 45.1 Å². The number of piperidine rings is 1. The molecule has 2 fully saturated rings. The van der Waals surface area contributed by atoms with Crippen LogP contribution in [0.4, 0.5) is 0 Å². The second kappa shape index (κ2) is 6.88. The first kappa shape index (κ1) is 15.0. The Balaban J connectivity index is 1.95. The Morgan fingerprint density at radius 2 is 2.05 bits per heavy atom. The van der Waals surface area contributed by atoms with Gasteiger partial charge in [0.2, 0.25) is 0 Å². The molecule has 0 N–H and O–H groups in total. The molecule has 1 aliphatic carbocycles. The molecule has 1 saturated carbocycles. The first-order valence-corrected chi connectivity index (χ1v) is 8.38. The summed E-state index contributed by atoms with van der Waals surface area (Å²) in [4.78, 5) is 15.0. The molecule has 2 heteroatoms. The van der Waals surface area contributed by atoms with Crippen LogP contribution in [-0.2, 0) is 4.79 Å². The highest BCUT2D eigenvalue weighted by atomic mass is 16.1. The van der Waals surface area contributed by atoms with Crippen molar-refractivity contribution in [3.8, 4) is 0 Å². The van der Waals surface area contributed by atoms with Gasteiger partial charge in [-0.15, -0.1) is 0 Å². The van der Waals surface area contributed by atoms with E-state index in [-0.39, 0.29) is 0 Å². The summed E-state index contributed by atoms with van der Waals surface area (Å²) in [5.74, 6) is 2.03. The number of carbonyl (C=O) groups is 1. The SMILES string of the molecule is CCCC1CCCCN1CC1C(=O)CC(C)CC1C. The summed E-state index contributed by atoms with van der Waals surface area (Å²) in [5.41, 5.74) is 0. The molecule has 4 atom stereocenters. The maximum Gasteiger partial charge on any atom is 0.137 e. The van der Waals surface area contributed by atoms with Gasteiger partial charge in [-0.25, -0.2) is 0 Å². The van der Waals surface area contributed by atoms with Crippen molar-refractivity contribution in [1.29, 1.82) is 0 Å². The average molecular weight is 265 g/mol. The Morgan fingerprint density at radius 1 is 1.26 bits per heavy atom. The zero-order chi connectivity index (χ0) is 13.8. The lowest BCUT2D eigenvalue weighted by atomic mass is 9.74. The molecule has 2 rings (SSSR count). The number of carbonyl (C=O) groups excluding carboxylic acids is 1. The maximum absolute atomic E-state index is 12.3. The molecule has 19 heavy (non-hydrogen) atoms. The Labute approximate surface area is 118 Å². The summed E-state index contributed by atoms with van der Waals surface area (Å²) in [6.45, 7) is 9.05. The van der Waals surface area contributed by atoms with Crippen molar-refractivity contribution >= 4 is 5.78 Å². The molecule has 0 aromatic rings. The van der Waals surface area contributed by atoms with E-state index in [1.807, 2.05) is 0 Å². The summed E-state index contributed by atoms with van der Waals surface area (Å²) >= 11 is 0. The fraction of sp³-hybridized carbons (Fsp3) is 0.941. The third kappa shape index (κ3) is 3.81. The Bertz CT molecular complexity index is 300. The lowest BCUT2D eigenvalue weighted by Gasteiger charge is -2.40. The van der Waals surface area contributed by atoms with Gasteiger partial charge in [0.15, 0.2) is 0 Å². The molecule has 110 valence electrons. The van der Waals surface area contributed by atoms with E-state index in [4.69, 9.17) is 0 Å². The van der Waals surface area contributed by atoms with Crippen LogP contribution in [0.3, 0.4) is 0 Å². The number of hydrogen-bond acceptors (Lipinski definition) is 2. The number of ketones is 1. The van der Waals surface area contributed by atoms with Gasteiger partial charge < -0.3 is 0 Å². The van der Waals surface area contributed by atoms with Crippen LogP contribution in [0, 0.1) is 17.8 Å². The predicted octanol–water partition coefficient (Wildman–Crippen LogP) is 3.89. The zero-order valence-electron chi connectivity index (χ0n) is 13.0. The van der Waals surface area contributed by atoms with Gasteiger partial charge in [-0.3, -0.25) is 9.69 Å². The van der Waals surface area contributed by atoms with Gasteiger partial charge in [-0.2, -0.15) is 0 Å². The van der Waals surface area contributed by atoms with Gasteiger partial charge in [0.05, 0.1) is 0 Å². The van der Waals surface area contributed by atoms with Gasteiger partial charge >= 0.3 is 0 Å². The lowest BCUT2D eigenvalue weighted by Crippen LogP contribution is -2.46. The molecule has 0 aromatic heterocycles. The highest BCUT2D eigenvalue weighted by Gasteiger charge is 2.35. The van der Waals surface area contributed by atoms with Gasteiger partial charge in [-0.05, 0) is 44.1 Å². The van der Waals surface area contributed by atoms with E-state index < -0.39 is 0 Å². The zero-order valence-corrected chi connectivity index (χ0v) is 13.0. The summed E-state index contributed by atoms with van der Waals surface area (Å²) < 4.78 is 0. The van der Waals surface area contributed by atoms with E-state index in [2.05, 4.69) is 25.7 Å². The summed E-state index contributed by atoms with van der Waals surface area (Å²) in [6, 6.07) is 0.748. The van der Waals surface area contributed by atoms with E-state index in [1.54, 1.807) is 0 Å². The minimum absolute atomic E-state index is 0.314. The van der Waals surface area contributed by atoms with Crippen molar-refractivity contribution in [3.05, 3.63) is 0 Å².